The number of aryl methyl sites for hydroxylation is 1. The molecule has 3 rings (SSSR count). The molecule has 132 valence electrons. The van der Waals surface area contributed by atoms with Gasteiger partial charge in [-0.25, -0.2) is 4.39 Å². The molecule has 0 atom stereocenters. The number of thiazole rings is 1. The van der Waals surface area contributed by atoms with Crippen LogP contribution in [0.4, 0.5) is 4.39 Å². The highest BCUT2D eigenvalue weighted by molar-refractivity contribution is 7.07. The van der Waals surface area contributed by atoms with Gasteiger partial charge in [0.1, 0.15) is 22.6 Å². The Labute approximate surface area is 159 Å². The van der Waals surface area contributed by atoms with Crippen LogP contribution in [-0.2, 0) is 6.42 Å². The lowest BCUT2D eigenvalue weighted by Gasteiger charge is -2.08. The highest BCUT2D eigenvalue weighted by atomic mass is 32.1. The van der Waals surface area contributed by atoms with Crippen molar-refractivity contribution in [1.82, 2.24) is 4.57 Å². The zero-order valence-electron chi connectivity index (χ0n) is 14.4. The van der Waals surface area contributed by atoms with E-state index < -0.39 is 5.82 Å². The highest BCUT2D eigenvalue weighted by Crippen LogP contribution is 2.12. The van der Waals surface area contributed by atoms with Crippen molar-refractivity contribution in [3.05, 3.63) is 85.0 Å². The maximum Gasteiger partial charge on any atom is 0.273 e. The number of rotatable bonds is 3. The first-order chi connectivity index (χ1) is 13.1. The van der Waals surface area contributed by atoms with Gasteiger partial charge in [-0.05, 0) is 30.2 Å². The molecule has 1 heterocycles. The van der Waals surface area contributed by atoms with Gasteiger partial charge in [0.15, 0.2) is 5.57 Å². The van der Waals surface area contributed by atoms with E-state index in [0.717, 1.165) is 16.9 Å². The fourth-order valence-corrected chi connectivity index (χ4v) is 3.79. The Morgan fingerprint density at radius 3 is 2.48 bits per heavy atom. The second-order valence-electron chi connectivity index (χ2n) is 5.66. The van der Waals surface area contributed by atoms with Crippen LogP contribution >= 0.6 is 11.3 Å². The van der Waals surface area contributed by atoms with E-state index in [4.69, 9.17) is 0 Å². The summed E-state index contributed by atoms with van der Waals surface area (Å²) in [6.45, 7) is 1.96. The average Bonchev–Trinajstić information content (AvgIpc) is 3.00. The monoisotopic (exact) mass is 375 g/mol. The Kier molecular flexibility index (Phi) is 5.30. The van der Waals surface area contributed by atoms with E-state index in [-0.39, 0.29) is 25.9 Å². The fraction of sp³-hybridized carbons (Fsp3) is 0.0952. The molecule has 0 N–H and O–H groups in total. The maximum atomic E-state index is 14.0. The van der Waals surface area contributed by atoms with Gasteiger partial charge in [0.25, 0.3) is 5.56 Å². The average molecular weight is 375 g/mol. The Morgan fingerprint density at radius 2 is 1.81 bits per heavy atom. The lowest BCUT2D eigenvalue weighted by Crippen LogP contribution is -2.31. The zero-order chi connectivity index (χ0) is 19.4. The molecule has 27 heavy (non-hydrogen) atoms. The summed E-state index contributed by atoms with van der Waals surface area (Å²) in [6.07, 6.45) is 2.13. The topological polar surface area (TPSA) is 69.6 Å². The number of benzene rings is 2. The molecule has 0 aliphatic heterocycles. The lowest BCUT2D eigenvalue weighted by molar-refractivity contribution is 0.625. The maximum absolute atomic E-state index is 14.0. The molecule has 0 unspecified atom stereocenters. The molecule has 1 aromatic heterocycles. The number of aromatic nitrogens is 1. The molecule has 0 fully saturated rings. The van der Waals surface area contributed by atoms with Crippen LogP contribution in [0.2, 0.25) is 0 Å². The van der Waals surface area contributed by atoms with Crippen LogP contribution < -0.4 is 14.8 Å². The van der Waals surface area contributed by atoms with E-state index in [2.05, 4.69) is 0 Å². The van der Waals surface area contributed by atoms with Gasteiger partial charge in [-0.1, -0.05) is 43.3 Å². The van der Waals surface area contributed by atoms with E-state index in [1.807, 2.05) is 31.2 Å². The van der Waals surface area contributed by atoms with Crippen LogP contribution in [0, 0.1) is 28.5 Å². The molecule has 2 aromatic carbocycles. The minimum absolute atomic E-state index is 0.156. The van der Waals surface area contributed by atoms with Crippen molar-refractivity contribution in [1.29, 1.82) is 10.5 Å². The SMILES string of the molecule is CCc1ccccc1-n1c(=C(C#N)C#N)s/c(=C/c2ccccc2F)c1=O. The number of nitriles is 2. The predicted octanol–water partition coefficient (Wildman–Crippen LogP) is 2.63. The third-order valence-electron chi connectivity index (χ3n) is 4.07. The summed E-state index contributed by atoms with van der Waals surface area (Å²) in [7, 11) is 0. The van der Waals surface area contributed by atoms with Crippen molar-refractivity contribution >= 4 is 23.0 Å². The first-order valence-corrected chi connectivity index (χ1v) is 9.03. The number of nitrogens with zero attached hydrogens (tertiary/aromatic N) is 3. The third kappa shape index (κ3) is 3.44. The molecule has 3 aromatic rings. The molecule has 0 aliphatic rings. The Balaban J connectivity index is 2.46. The molecular weight excluding hydrogens is 361 g/mol. The van der Waals surface area contributed by atoms with Crippen molar-refractivity contribution in [2.75, 3.05) is 0 Å². The third-order valence-corrected chi connectivity index (χ3v) is 5.16. The number of hydrogen-bond acceptors (Lipinski definition) is 4. The Hall–Kier alpha value is -3.48. The van der Waals surface area contributed by atoms with Crippen LogP contribution in [0.15, 0.2) is 53.3 Å². The summed E-state index contributed by atoms with van der Waals surface area (Å²) in [5.74, 6) is -0.447. The summed E-state index contributed by atoms with van der Waals surface area (Å²) < 4.78 is 15.9. The molecule has 0 spiro atoms. The molecule has 0 amide bonds. The van der Waals surface area contributed by atoms with Crippen molar-refractivity contribution in [2.24, 2.45) is 0 Å². The molecule has 0 radical (unpaired) electrons. The number of hydrogen-bond donors (Lipinski definition) is 0. The number of para-hydroxylation sites is 1. The van der Waals surface area contributed by atoms with Gasteiger partial charge in [-0.3, -0.25) is 9.36 Å². The molecule has 0 saturated heterocycles. The normalized spacial score (nSPS) is 11.0. The summed E-state index contributed by atoms with van der Waals surface area (Å²) in [6, 6.07) is 17.1. The quantitative estimate of drug-likeness (QED) is 0.707. The van der Waals surface area contributed by atoms with Crippen LogP contribution in [-0.4, -0.2) is 4.57 Å². The summed E-state index contributed by atoms with van der Waals surface area (Å²) >= 11 is 1.01. The number of halogens is 1. The molecular formula is C21H14FN3OS. The van der Waals surface area contributed by atoms with Gasteiger partial charge >= 0.3 is 0 Å². The van der Waals surface area contributed by atoms with Crippen LogP contribution in [0.3, 0.4) is 0 Å². The smallest absolute Gasteiger partial charge is 0.267 e. The predicted molar refractivity (Wildman–Crippen MR) is 103 cm³/mol. The van der Waals surface area contributed by atoms with Crippen molar-refractivity contribution in [3.63, 3.8) is 0 Å². The fourth-order valence-electron chi connectivity index (χ4n) is 2.75. The minimum atomic E-state index is -0.447. The summed E-state index contributed by atoms with van der Waals surface area (Å²) in [5.41, 5.74) is 1.26. The first kappa shape index (κ1) is 18.3. The summed E-state index contributed by atoms with van der Waals surface area (Å²) in [5, 5.41) is 18.6. The Bertz CT molecular complexity index is 1260. The van der Waals surface area contributed by atoms with Gasteiger partial charge in [0.2, 0.25) is 0 Å². The van der Waals surface area contributed by atoms with E-state index >= 15 is 0 Å². The highest BCUT2D eigenvalue weighted by Gasteiger charge is 2.13. The standard InChI is InChI=1S/C21H14FN3OS/c1-2-14-7-4-6-10-18(14)25-20(26)19(27-21(25)16(12-23)13-24)11-15-8-3-5-9-17(15)22/h3-11H,2H2,1H3/b19-11+. The van der Waals surface area contributed by atoms with E-state index in [1.54, 1.807) is 30.3 Å². The Morgan fingerprint density at radius 1 is 1.15 bits per heavy atom. The van der Waals surface area contributed by atoms with Gasteiger partial charge in [-0.2, -0.15) is 10.5 Å². The van der Waals surface area contributed by atoms with E-state index in [0.29, 0.717) is 12.1 Å². The molecule has 0 saturated carbocycles. The molecule has 6 heteroatoms. The first-order valence-electron chi connectivity index (χ1n) is 8.21. The van der Waals surface area contributed by atoms with Crippen molar-refractivity contribution in [3.8, 4) is 17.8 Å². The van der Waals surface area contributed by atoms with Crippen molar-refractivity contribution < 1.29 is 4.39 Å². The second kappa shape index (κ2) is 7.82. The van der Waals surface area contributed by atoms with Crippen molar-refractivity contribution in [2.45, 2.75) is 13.3 Å². The van der Waals surface area contributed by atoms with Crippen LogP contribution in [0.1, 0.15) is 18.1 Å². The molecule has 0 bridgehead atoms. The molecule has 0 aliphatic carbocycles. The van der Waals surface area contributed by atoms with Gasteiger partial charge < -0.3 is 0 Å². The van der Waals surface area contributed by atoms with Crippen LogP contribution in [0.25, 0.3) is 17.3 Å². The largest absolute Gasteiger partial charge is 0.273 e. The minimum Gasteiger partial charge on any atom is -0.267 e. The lowest BCUT2D eigenvalue weighted by atomic mass is 10.1. The van der Waals surface area contributed by atoms with E-state index in [1.165, 1.54) is 16.7 Å². The van der Waals surface area contributed by atoms with Crippen LogP contribution in [0.5, 0.6) is 0 Å². The summed E-state index contributed by atoms with van der Waals surface area (Å²) in [4.78, 5) is 13.1. The van der Waals surface area contributed by atoms with Gasteiger partial charge in [0.05, 0.1) is 10.2 Å². The van der Waals surface area contributed by atoms with E-state index in [9.17, 15) is 19.7 Å². The van der Waals surface area contributed by atoms with Gasteiger partial charge in [-0.15, -0.1) is 11.3 Å². The second-order valence-corrected chi connectivity index (χ2v) is 6.69. The molecule has 4 nitrogen and oxygen atoms in total. The van der Waals surface area contributed by atoms with Gasteiger partial charge in [0, 0.05) is 5.56 Å². The zero-order valence-corrected chi connectivity index (χ0v) is 15.3.